The maximum atomic E-state index is 3.65. The summed E-state index contributed by atoms with van der Waals surface area (Å²) in [6.45, 7) is 0. The molecule has 6 aliphatic carbocycles. The molecule has 0 aliphatic heterocycles. The second kappa shape index (κ2) is 18.1. The number of hydrogen-bond donors (Lipinski definition) is 0. The first kappa shape index (κ1) is 37.6. The first-order chi connectivity index (χ1) is 22.8. The molecule has 0 unspecified atom stereocenters. The number of hydrogen-bond acceptors (Lipinski definition) is 0. The molecular weight excluding hydrogens is 715 g/mol. The molecule has 0 spiro atoms. The third kappa shape index (κ3) is 7.54. The zero-order valence-electron chi connectivity index (χ0n) is 30.2. The molecule has 6 fully saturated rings. The normalized spacial score (nSPS) is 26.8. The Labute approximate surface area is 308 Å². The molecule has 6 aliphatic rings. The summed E-state index contributed by atoms with van der Waals surface area (Å²) in [7, 11) is -3.60. The Hall–Kier alpha value is 0.863. The molecule has 0 heterocycles. The Balaban J connectivity index is 0.00000386. The molecule has 270 valence electrons. The summed E-state index contributed by atoms with van der Waals surface area (Å²) >= 11 is 3.65. The van der Waals surface area contributed by atoms with E-state index in [1.165, 1.54) is 116 Å². The Bertz CT molecular complexity index is 1010. The van der Waals surface area contributed by atoms with Gasteiger partial charge in [0.2, 0.25) is 0 Å². The Morgan fingerprint density at radius 1 is 0.404 bits per heavy atom. The Morgan fingerprint density at radius 3 is 1.00 bits per heavy atom. The van der Waals surface area contributed by atoms with Crippen LogP contribution in [0.15, 0.2) is 24.3 Å². The van der Waals surface area contributed by atoms with Crippen LogP contribution in [0.1, 0.15) is 198 Å². The van der Waals surface area contributed by atoms with E-state index in [2.05, 4.69) is 47.4 Å². The average molecular weight is 789 g/mol. The molecule has 4 heteroatoms. The quantitative estimate of drug-likeness (QED) is 0.173. The van der Waals surface area contributed by atoms with Gasteiger partial charge >= 0.3 is 298 Å². The summed E-state index contributed by atoms with van der Waals surface area (Å²) in [6, 6.07) is 10.8. The number of benzene rings is 1. The van der Waals surface area contributed by atoms with Gasteiger partial charge in [-0.3, -0.25) is 0 Å². The molecule has 0 bridgehead atoms. The van der Waals surface area contributed by atoms with Gasteiger partial charge in [0.1, 0.15) is 0 Å². The molecule has 0 saturated heterocycles. The van der Waals surface area contributed by atoms with Crippen LogP contribution in [0.5, 0.6) is 0 Å². The van der Waals surface area contributed by atoms with E-state index in [1.807, 2.05) is 9.41 Å². The van der Waals surface area contributed by atoms with Crippen LogP contribution in [0.3, 0.4) is 0 Å². The van der Waals surface area contributed by atoms with E-state index in [4.69, 9.17) is 0 Å². The van der Waals surface area contributed by atoms with Crippen molar-refractivity contribution in [1.82, 2.24) is 0 Å². The van der Waals surface area contributed by atoms with Crippen molar-refractivity contribution in [2.45, 2.75) is 227 Å². The van der Waals surface area contributed by atoms with Crippen molar-refractivity contribution in [2.24, 2.45) is 0 Å². The maximum absolute atomic E-state index is 3.65. The third-order valence-corrected chi connectivity index (χ3v) is 32.4. The van der Waals surface area contributed by atoms with Crippen LogP contribution in [0.4, 0.5) is 0 Å². The van der Waals surface area contributed by atoms with Crippen molar-refractivity contribution in [1.29, 1.82) is 0 Å². The summed E-state index contributed by atoms with van der Waals surface area (Å²) in [5, 5.41) is 2.08. The molecule has 0 N–H and O–H groups in total. The van der Waals surface area contributed by atoms with Gasteiger partial charge in [-0.2, -0.15) is 0 Å². The second-order valence-electron chi connectivity index (χ2n) is 17.7. The zero-order chi connectivity index (χ0) is 31.2. The topological polar surface area (TPSA) is 0 Å². The van der Waals surface area contributed by atoms with Gasteiger partial charge in [-0.1, -0.05) is 0 Å². The first-order valence-electron chi connectivity index (χ1n) is 21.4. The van der Waals surface area contributed by atoms with E-state index in [-0.39, 0.29) is 12.4 Å². The van der Waals surface area contributed by atoms with Crippen LogP contribution >= 0.6 is 26.9 Å². The molecule has 7 rings (SSSR count). The van der Waals surface area contributed by atoms with E-state index in [0.717, 1.165) is 34.0 Å². The summed E-state index contributed by atoms with van der Waals surface area (Å²) in [5.41, 5.74) is 8.28. The van der Waals surface area contributed by atoms with Crippen LogP contribution in [0.25, 0.3) is 0 Å². The van der Waals surface area contributed by atoms with Crippen molar-refractivity contribution >= 4 is 36.1 Å². The van der Waals surface area contributed by atoms with E-state index in [1.54, 1.807) is 77.0 Å². The molecule has 0 amide bonds. The summed E-state index contributed by atoms with van der Waals surface area (Å²) < 4.78 is 2.05. The van der Waals surface area contributed by atoms with E-state index < -0.39 is 14.5 Å². The number of rotatable bonds is 9. The van der Waals surface area contributed by atoms with Crippen LogP contribution in [-0.4, -0.2) is 37.8 Å². The fourth-order valence-corrected chi connectivity index (χ4v) is 34.1. The number of halogens is 1. The van der Waals surface area contributed by atoms with Gasteiger partial charge in [0.15, 0.2) is 0 Å². The van der Waals surface area contributed by atoms with Crippen molar-refractivity contribution in [3.63, 3.8) is 0 Å². The second-order valence-corrected chi connectivity index (χ2v) is 29.1. The van der Waals surface area contributed by atoms with Gasteiger partial charge < -0.3 is 0 Å². The van der Waals surface area contributed by atoms with Gasteiger partial charge in [-0.25, -0.2) is 0 Å². The summed E-state index contributed by atoms with van der Waals surface area (Å²) in [5.74, 6) is 0. The van der Waals surface area contributed by atoms with Gasteiger partial charge in [0.05, 0.1) is 0 Å². The average Bonchev–Trinajstić information content (AvgIpc) is 3.15. The molecule has 47 heavy (non-hydrogen) atoms. The molecule has 1 aromatic carbocycles. The predicted molar refractivity (Wildman–Crippen MR) is 215 cm³/mol. The van der Waals surface area contributed by atoms with Crippen molar-refractivity contribution in [3.05, 3.63) is 29.8 Å². The van der Waals surface area contributed by atoms with Gasteiger partial charge in [-0.05, 0) is 0 Å². The van der Waals surface area contributed by atoms with Gasteiger partial charge in [-0.15, -0.1) is 12.4 Å². The summed E-state index contributed by atoms with van der Waals surface area (Å²) in [6.07, 6.45) is 46.4. The standard InChI is InChI=1S/C43H72P2.ClH.Ru/c1-7-22-37(23-8-1)44(38-24-9-2-10-25-38,39-26-11-3-12-27-39)35-36-21-19-20-34-43(36)45(40-28-13-4-14-29-40,41-30-15-5-16-31-41)42-32-17-6-18-33-42;;/h19-21,34,37-42,44-45H,1-18,22-33H2;1H;. The Kier molecular flexibility index (Phi) is 14.5. The SMILES string of the molecule is Cl.[Ru]=[C](c1ccccc1[PH](C1CCCCC1)(C1CCCCC1)C1CCCCC1)[PH](C1CCCCC1)(C1CCCCC1)C1CCCCC1. The van der Waals surface area contributed by atoms with Gasteiger partial charge in [0, 0.05) is 0 Å². The first-order valence-corrected chi connectivity index (χ1v) is 26.7. The fraction of sp³-hybridized carbons (Fsp3) is 0.837. The van der Waals surface area contributed by atoms with E-state index in [0.29, 0.717) is 0 Å². The van der Waals surface area contributed by atoms with Gasteiger partial charge in [0.25, 0.3) is 0 Å². The summed E-state index contributed by atoms with van der Waals surface area (Å²) in [4.78, 5) is 0. The fourth-order valence-electron chi connectivity index (χ4n) is 13.9. The van der Waals surface area contributed by atoms with Crippen LogP contribution in [0, 0.1) is 0 Å². The monoisotopic (exact) mass is 788 g/mol. The zero-order valence-corrected chi connectivity index (χ0v) is 34.8. The van der Waals surface area contributed by atoms with E-state index >= 15 is 0 Å². The third-order valence-electron chi connectivity index (χ3n) is 15.7. The van der Waals surface area contributed by atoms with Crippen LogP contribution in [-0.2, 0) is 17.9 Å². The van der Waals surface area contributed by atoms with Crippen LogP contribution in [0.2, 0.25) is 0 Å². The molecule has 0 atom stereocenters. The van der Waals surface area contributed by atoms with Crippen molar-refractivity contribution < 1.29 is 17.9 Å². The van der Waals surface area contributed by atoms with E-state index in [9.17, 15) is 0 Å². The molecule has 0 nitrogen and oxygen atoms in total. The van der Waals surface area contributed by atoms with Crippen molar-refractivity contribution in [3.8, 4) is 0 Å². The van der Waals surface area contributed by atoms with Crippen molar-refractivity contribution in [2.75, 3.05) is 0 Å². The minimum atomic E-state index is -1.81. The molecule has 1 aromatic rings. The predicted octanol–water partition coefficient (Wildman–Crippen LogP) is 13.3. The molecular formula is C43H73ClP2Ru. The molecule has 6 saturated carbocycles. The van der Waals surface area contributed by atoms with Crippen LogP contribution < -0.4 is 5.30 Å². The minimum absolute atomic E-state index is 0. The molecule has 0 aromatic heterocycles. The Morgan fingerprint density at radius 2 is 0.681 bits per heavy atom. The molecule has 0 radical (unpaired) electrons.